The van der Waals surface area contributed by atoms with E-state index in [2.05, 4.69) is 45.6 Å². The predicted octanol–water partition coefficient (Wildman–Crippen LogP) is -2.62. The molecular formula is C11H19Cl2SiV. The Hall–Kier alpha value is 0.731. The van der Waals surface area contributed by atoms with Crippen LogP contribution in [-0.2, 0) is 15.8 Å². The molecule has 0 amide bonds. The zero-order valence-corrected chi connectivity index (χ0v) is 14.0. The van der Waals surface area contributed by atoms with E-state index in [1.165, 1.54) is 6.42 Å². The molecule has 0 aliphatic heterocycles. The summed E-state index contributed by atoms with van der Waals surface area (Å²) in [4.78, 5) is 0. The summed E-state index contributed by atoms with van der Waals surface area (Å²) in [5.41, 5.74) is 0. The van der Waals surface area contributed by atoms with Crippen LogP contribution in [0, 0.1) is 0 Å². The van der Waals surface area contributed by atoms with E-state index >= 15 is 0 Å². The molecule has 0 nitrogen and oxygen atoms in total. The van der Waals surface area contributed by atoms with Crippen molar-refractivity contribution < 1.29 is 40.7 Å². The molecule has 15 heavy (non-hydrogen) atoms. The molecule has 0 fully saturated rings. The van der Waals surface area contributed by atoms with E-state index in [4.69, 9.17) is 0 Å². The first kappa shape index (κ1) is 18.1. The third-order valence-electron chi connectivity index (χ3n) is 2.07. The van der Waals surface area contributed by atoms with Gasteiger partial charge in [-0.2, -0.15) is 0 Å². The summed E-state index contributed by atoms with van der Waals surface area (Å²) in [6.07, 6.45) is 5.98. The van der Waals surface area contributed by atoms with Gasteiger partial charge < -0.3 is 24.8 Å². The van der Waals surface area contributed by atoms with Gasteiger partial charge >= 0.3 is 89.7 Å². The van der Waals surface area contributed by atoms with Crippen LogP contribution in [0.2, 0.25) is 19.6 Å². The molecule has 0 saturated heterocycles. The van der Waals surface area contributed by atoms with Crippen LogP contribution in [0.4, 0.5) is 0 Å². The second-order valence-corrected chi connectivity index (χ2v) is 12.4. The van der Waals surface area contributed by atoms with E-state index in [0.717, 1.165) is 0 Å². The monoisotopic (exact) mass is 300 g/mol. The third kappa shape index (κ3) is 5.56. The van der Waals surface area contributed by atoms with Gasteiger partial charge in [-0.25, -0.2) is 0 Å². The Bertz CT molecular complexity index is 294. The molecule has 0 aromatic heterocycles. The van der Waals surface area contributed by atoms with Gasteiger partial charge in [0, 0.05) is 0 Å². The van der Waals surface area contributed by atoms with Crippen LogP contribution >= 0.6 is 0 Å². The zero-order chi connectivity index (χ0) is 10.1. The van der Waals surface area contributed by atoms with Crippen molar-refractivity contribution in [3.8, 4) is 0 Å². The first-order chi connectivity index (χ1) is 5.91. The van der Waals surface area contributed by atoms with E-state index in [0.29, 0.717) is 15.8 Å². The van der Waals surface area contributed by atoms with Gasteiger partial charge in [0.2, 0.25) is 0 Å². The van der Waals surface area contributed by atoms with Crippen molar-refractivity contribution in [1.82, 2.24) is 0 Å². The molecule has 0 aromatic rings. The van der Waals surface area contributed by atoms with Crippen LogP contribution in [0.3, 0.4) is 0 Å². The molecule has 0 unspecified atom stereocenters. The smallest absolute Gasteiger partial charge is 1.00 e. The van der Waals surface area contributed by atoms with Crippen molar-refractivity contribution in [2.24, 2.45) is 0 Å². The van der Waals surface area contributed by atoms with Crippen LogP contribution in [0.5, 0.6) is 0 Å². The molecule has 0 heterocycles. The average Bonchev–Trinajstić information content (AvgIpc) is 2.31. The maximum Gasteiger partial charge on any atom is -1.00 e. The Morgan fingerprint density at radius 1 is 1.20 bits per heavy atom. The van der Waals surface area contributed by atoms with E-state index in [1.807, 2.05) is 0 Å². The maximum atomic E-state index is 2.45. The predicted molar refractivity (Wildman–Crippen MR) is 60.5 cm³/mol. The third-order valence-corrected chi connectivity index (χ3v) is 6.27. The molecule has 0 radical (unpaired) electrons. The standard InChI is InChI=1S/C8H13Si.C3H6.2ClH.V/c1-9(2,3)8-6-4-5-7-8;1-3-2;;;/h4,6H,5H2,1-3H3;1-2H3;2*1H;/q;;;;+2/p-2. The summed E-state index contributed by atoms with van der Waals surface area (Å²) in [5.74, 6) is 0. The summed E-state index contributed by atoms with van der Waals surface area (Å²) in [6.45, 7) is 11.9. The molecule has 1 rings (SSSR count). The Morgan fingerprint density at radius 2 is 1.73 bits per heavy atom. The van der Waals surface area contributed by atoms with Crippen molar-refractivity contribution in [3.05, 3.63) is 21.6 Å². The summed E-state index contributed by atoms with van der Waals surface area (Å²) in [6, 6.07) is 0. The maximum absolute atomic E-state index is 2.45. The van der Waals surface area contributed by atoms with Gasteiger partial charge in [-0.1, -0.05) is 0 Å². The van der Waals surface area contributed by atoms with Gasteiger partial charge in [-0.15, -0.1) is 0 Å². The Morgan fingerprint density at radius 3 is 2.13 bits per heavy atom. The van der Waals surface area contributed by atoms with E-state index in [9.17, 15) is 0 Å². The van der Waals surface area contributed by atoms with Gasteiger partial charge in [0.15, 0.2) is 0 Å². The fraction of sp³-hybridized carbons (Fsp3) is 0.545. The Kier molecular flexibility index (Phi) is 8.61. The molecule has 86 valence electrons. The Balaban J connectivity index is 0. The Labute approximate surface area is 114 Å². The van der Waals surface area contributed by atoms with Crippen molar-refractivity contribution >= 4 is 12.3 Å². The van der Waals surface area contributed by atoms with Crippen LogP contribution in [0.1, 0.15) is 20.3 Å². The molecule has 0 atom stereocenters. The molecule has 1 aliphatic rings. The molecule has 1 aliphatic carbocycles. The number of allylic oxidation sites excluding steroid dienone is 4. The number of hydrogen-bond acceptors (Lipinski definition) is 0. The van der Waals surface area contributed by atoms with Gasteiger partial charge in [-0.3, -0.25) is 0 Å². The van der Waals surface area contributed by atoms with Crippen molar-refractivity contribution in [2.45, 2.75) is 39.9 Å². The number of rotatable bonds is 2. The van der Waals surface area contributed by atoms with Crippen LogP contribution in [0.15, 0.2) is 21.6 Å². The summed E-state index contributed by atoms with van der Waals surface area (Å²) in [7, 11) is -1.05. The summed E-state index contributed by atoms with van der Waals surface area (Å²) < 4.78 is 3.40. The van der Waals surface area contributed by atoms with Gasteiger partial charge in [0.05, 0.1) is 0 Å². The zero-order valence-electron chi connectivity index (χ0n) is 10.1. The number of halogens is 2. The second-order valence-electron chi connectivity index (χ2n) is 4.78. The molecule has 0 bridgehead atoms. The average molecular weight is 301 g/mol. The van der Waals surface area contributed by atoms with Gasteiger partial charge in [0.1, 0.15) is 0 Å². The minimum absolute atomic E-state index is 0. The molecule has 0 saturated carbocycles. The van der Waals surface area contributed by atoms with E-state index in [-0.39, 0.29) is 24.8 Å². The minimum atomic E-state index is -1.05. The van der Waals surface area contributed by atoms with E-state index < -0.39 is 8.07 Å². The molecule has 4 heteroatoms. The number of hydrogen-bond donors (Lipinski definition) is 0. The quantitative estimate of drug-likeness (QED) is 0.490. The van der Waals surface area contributed by atoms with Crippen molar-refractivity contribution in [3.63, 3.8) is 0 Å². The van der Waals surface area contributed by atoms with Crippen LogP contribution in [0.25, 0.3) is 0 Å². The largest absolute Gasteiger partial charge is 1.00 e. The fourth-order valence-electron chi connectivity index (χ4n) is 1.55. The summed E-state index contributed by atoms with van der Waals surface area (Å²) in [5, 5.41) is 1.73. The SMILES string of the molecule is C[C](C)=[V+2][C]1=C([Si](C)(C)C)C=CC1.[Cl-].[Cl-]. The minimum Gasteiger partial charge on any atom is -1.00 e. The topological polar surface area (TPSA) is 0 Å². The molecular weight excluding hydrogens is 282 g/mol. The van der Waals surface area contributed by atoms with Crippen molar-refractivity contribution in [1.29, 1.82) is 0 Å². The molecule has 0 aromatic carbocycles. The van der Waals surface area contributed by atoms with Gasteiger partial charge in [-0.05, 0) is 0 Å². The fourth-order valence-corrected chi connectivity index (χ4v) is 6.40. The van der Waals surface area contributed by atoms with Crippen LogP contribution < -0.4 is 24.8 Å². The molecule has 0 N–H and O–H groups in total. The van der Waals surface area contributed by atoms with E-state index in [1.54, 1.807) is 13.7 Å². The van der Waals surface area contributed by atoms with Crippen LogP contribution in [-0.4, -0.2) is 12.3 Å². The second kappa shape index (κ2) is 7.13. The summed E-state index contributed by atoms with van der Waals surface area (Å²) >= 11 is 0.370. The normalized spacial score (nSPS) is 14.2. The molecule has 0 spiro atoms. The van der Waals surface area contributed by atoms with Crippen molar-refractivity contribution in [2.75, 3.05) is 0 Å². The first-order valence-electron chi connectivity index (χ1n) is 4.83. The van der Waals surface area contributed by atoms with Gasteiger partial charge in [0.25, 0.3) is 0 Å². The first-order valence-corrected chi connectivity index (χ1v) is 9.73.